The van der Waals surface area contributed by atoms with Crippen LogP contribution in [0.2, 0.25) is 0 Å². The highest BCUT2D eigenvalue weighted by atomic mass is 16.6. The van der Waals surface area contributed by atoms with Gasteiger partial charge in [-0.15, -0.1) is 0 Å². The molecular formula is C38H50N4O5. The Bertz CT molecular complexity index is 1530. The van der Waals surface area contributed by atoms with Crippen LogP contribution in [0, 0.1) is 24.7 Å². The average molecular weight is 643 g/mol. The second-order valence-electron chi connectivity index (χ2n) is 14.4. The van der Waals surface area contributed by atoms with Gasteiger partial charge in [0.15, 0.2) is 5.89 Å². The number of ether oxygens (including phenoxy) is 2. The van der Waals surface area contributed by atoms with Crippen LogP contribution in [0.1, 0.15) is 101 Å². The van der Waals surface area contributed by atoms with Crippen molar-refractivity contribution in [2.75, 3.05) is 31.6 Å². The molecule has 3 aromatic rings. The first-order valence-electron chi connectivity index (χ1n) is 17.5. The van der Waals surface area contributed by atoms with Crippen molar-refractivity contribution in [3.8, 4) is 17.0 Å². The predicted molar refractivity (Wildman–Crippen MR) is 182 cm³/mol. The smallest absolute Gasteiger partial charge is 0.410 e. The van der Waals surface area contributed by atoms with E-state index in [1.54, 1.807) is 24.5 Å². The number of methoxy groups -OCH3 is 1. The number of carbonyl (C=O) groups excluding carboxylic acids is 2. The predicted octanol–water partition coefficient (Wildman–Crippen LogP) is 8.13. The van der Waals surface area contributed by atoms with Crippen molar-refractivity contribution in [3.05, 3.63) is 59.8 Å². The summed E-state index contributed by atoms with van der Waals surface area (Å²) >= 11 is 0. The van der Waals surface area contributed by atoms with Gasteiger partial charge in [0.25, 0.3) is 0 Å². The van der Waals surface area contributed by atoms with E-state index in [9.17, 15) is 9.59 Å². The van der Waals surface area contributed by atoms with Gasteiger partial charge < -0.3 is 18.8 Å². The van der Waals surface area contributed by atoms with Gasteiger partial charge in [-0.25, -0.2) is 14.8 Å². The molecule has 47 heavy (non-hydrogen) atoms. The van der Waals surface area contributed by atoms with E-state index in [4.69, 9.17) is 23.9 Å². The minimum absolute atomic E-state index is 0.118. The average Bonchev–Trinajstić information content (AvgIpc) is 3.57. The van der Waals surface area contributed by atoms with Crippen LogP contribution in [0.5, 0.6) is 5.75 Å². The number of carbonyl (C=O) groups is 2. The maximum absolute atomic E-state index is 14.3. The molecule has 0 atom stereocenters. The summed E-state index contributed by atoms with van der Waals surface area (Å²) in [4.78, 5) is 40.0. The third-order valence-corrected chi connectivity index (χ3v) is 10.4. The van der Waals surface area contributed by atoms with Crippen LogP contribution in [0.3, 0.4) is 0 Å². The standard InChI is InChI=1S/C38H50N4O5/c1-24(2)36-40-33(23-46-36)31-16-17-39-35(19-31)42(22-27-6-8-28(9-7-27)30-12-15-34(45-5)26(4)18-30)37(43)29-10-13-32(14-11-29)47-38(44)41-20-25(3)21-41/h12,15-19,23-25,27-29,32H,6-11,13-14,20-22H2,1-5H3. The largest absolute Gasteiger partial charge is 0.496 e. The molecule has 2 amide bonds. The van der Waals surface area contributed by atoms with Crippen molar-refractivity contribution in [2.45, 2.75) is 97.0 Å². The number of oxazole rings is 1. The maximum Gasteiger partial charge on any atom is 0.410 e. The Balaban J connectivity index is 1.15. The Morgan fingerprint density at radius 1 is 1.02 bits per heavy atom. The lowest BCUT2D eigenvalue weighted by atomic mass is 9.78. The quantitative estimate of drug-likeness (QED) is 0.232. The third-order valence-electron chi connectivity index (χ3n) is 10.4. The first kappa shape index (κ1) is 33.0. The van der Waals surface area contributed by atoms with Crippen molar-refractivity contribution in [3.63, 3.8) is 0 Å². The number of hydrogen-bond donors (Lipinski definition) is 0. The molecule has 1 aromatic carbocycles. The molecular weight excluding hydrogens is 592 g/mol. The lowest BCUT2D eigenvalue weighted by molar-refractivity contribution is -0.124. The zero-order valence-electron chi connectivity index (χ0n) is 28.6. The highest BCUT2D eigenvalue weighted by molar-refractivity contribution is 5.94. The van der Waals surface area contributed by atoms with E-state index in [0.717, 1.165) is 55.8 Å². The zero-order valence-corrected chi connectivity index (χ0v) is 28.6. The van der Waals surface area contributed by atoms with Gasteiger partial charge in [0, 0.05) is 43.2 Å². The number of rotatable bonds is 9. The van der Waals surface area contributed by atoms with Crippen molar-refractivity contribution in [2.24, 2.45) is 17.8 Å². The fraction of sp³-hybridized carbons (Fsp3) is 0.579. The molecule has 0 spiro atoms. The number of pyridine rings is 1. The van der Waals surface area contributed by atoms with Gasteiger partial charge in [-0.1, -0.05) is 32.9 Å². The molecule has 2 aliphatic carbocycles. The van der Waals surface area contributed by atoms with Gasteiger partial charge in [0.2, 0.25) is 5.91 Å². The molecule has 2 aromatic heterocycles. The summed E-state index contributed by atoms with van der Waals surface area (Å²) in [5, 5.41) is 0. The van der Waals surface area contributed by atoms with Crippen LogP contribution in [-0.4, -0.2) is 59.7 Å². The second kappa shape index (κ2) is 14.5. The Morgan fingerprint density at radius 3 is 2.40 bits per heavy atom. The summed E-state index contributed by atoms with van der Waals surface area (Å²) in [6.45, 7) is 10.5. The van der Waals surface area contributed by atoms with Gasteiger partial charge in [-0.05, 0) is 105 Å². The number of hydrogen-bond acceptors (Lipinski definition) is 7. The molecule has 252 valence electrons. The van der Waals surface area contributed by atoms with Gasteiger partial charge in [0.05, 0.1) is 7.11 Å². The molecule has 0 bridgehead atoms. The van der Waals surface area contributed by atoms with Crippen LogP contribution in [0.4, 0.5) is 10.6 Å². The van der Waals surface area contributed by atoms with Crippen LogP contribution in [-0.2, 0) is 9.53 Å². The summed E-state index contributed by atoms with van der Waals surface area (Å²) in [6, 6.07) is 10.5. The molecule has 1 saturated heterocycles. The summed E-state index contributed by atoms with van der Waals surface area (Å²) in [7, 11) is 1.72. The first-order valence-corrected chi connectivity index (χ1v) is 17.5. The van der Waals surface area contributed by atoms with Crippen LogP contribution >= 0.6 is 0 Å². The van der Waals surface area contributed by atoms with E-state index in [0.29, 0.717) is 61.7 Å². The van der Waals surface area contributed by atoms with E-state index >= 15 is 0 Å². The van der Waals surface area contributed by atoms with Crippen molar-refractivity contribution >= 4 is 17.8 Å². The minimum Gasteiger partial charge on any atom is -0.496 e. The maximum atomic E-state index is 14.3. The minimum atomic E-state index is -0.214. The molecule has 0 unspecified atom stereocenters. The second-order valence-corrected chi connectivity index (χ2v) is 14.4. The molecule has 0 N–H and O–H groups in total. The topological polar surface area (TPSA) is 98.0 Å². The fourth-order valence-corrected chi connectivity index (χ4v) is 7.51. The number of anilines is 1. The molecule has 3 fully saturated rings. The monoisotopic (exact) mass is 642 g/mol. The molecule has 1 aliphatic heterocycles. The number of aryl methyl sites for hydroxylation is 1. The zero-order chi connectivity index (χ0) is 33.1. The van der Waals surface area contributed by atoms with Crippen molar-refractivity contribution in [1.29, 1.82) is 0 Å². The number of nitrogens with zero attached hydrogens (tertiary/aromatic N) is 4. The van der Waals surface area contributed by atoms with Crippen molar-refractivity contribution < 1.29 is 23.5 Å². The van der Waals surface area contributed by atoms with Crippen molar-refractivity contribution in [1.82, 2.24) is 14.9 Å². The lowest BCUT2D eigenvalue weighted by Crippen LogP contribution is -2.50. The van der Waals surface area contributed by atoms with E-state index in [2.05, 4.69) is 45.9 Å². The van der Waals surface area contributed by atoms with Gasteiger partial charge in [-0.2, -0.15) is 0 Å². The van der Waals surface area contributed by atoms with Gasteiger partial charge in [0.1, 0.15) is 29.6 Å². The van der Waals surface area contributed by atoms with Crippen LogP contribution < -0.4 is 9.64 Å². The van der Waals surface area contributed by atoms with Gasteiger partial charge >= 0.3 is 6.09 Å². The fourth-order valence-electron chi connectivity index (χ4n) is 7.51. The SMILES string of the molecule is COc1ccc(C2CCC(CN(C(=O)C3CCC(OC(=O)N4CC(C)C4)CC3)c3cc(-c4coc(C(C)C)n4)ccn3)CC2)cc1C. The third kappa shape index (κ3) is 7.65. The normalized spacial score (nSPS) is 23.3. The van der Waals surface area contributed by atoms with E-state index < -0.39 is 0 Å². The van der Waals surface area contributed by atoms with E-state index in [1.807, 2.05) is 17.0 Å². The Kier molecular flexibility index (Phi) is 10.2. The Hall–Kier alpha value is -3.88. The first-order chi connectivity index (χ1) is 22.7. The summed E-state index contributed by atoms with van der Waals surface area (Å²) < 4.78 is 17.0. The highest BCUT2D eigenvalue weighted by Gasteiger charge is 2.36. The lowest BCUT2D eigenvalue weighted by Gasteiger charge is -2.38. The van der Waals surface area contributed by atoms with Crippen LogP contribution in [0.15, 0.2) is 47.2 Å². The Labute approximate surface area is 279 Å². The molecule has 9 heteroatoms. The van der Waals surface area contributed by atoms with E-state index in [1.165, 1.54) is 11.1 Å². The molecule has 3 heterocycles. The Morgan fingerprint density at radius 2 is 1.77 bits per heavy atom. The van der Waals surface area contributed by atoms with Crippen LogP contribution in [0.25, 0.3) is 11.3 Å². The number of aromatic nitrogens is 2. The highest BCUT2D eigenvalue weighted by Crippen LogP contribution is 2.39. The molecule has 6 rings (SSSR count). The molecule has 0 radical (unpaired) electrons. The number of benzene rings is 1. The summed E-state index contributed by atoms with van der Waals surface area (Å²) in [5.41, 5.74) is 4.18. The summed E-state index contributed by atoms with van der Waals surface area (Å²) in [5.74, 6) is 3.89. The number of amides is 2. The molecule has 9 nitrogen and oxygen atoms in total. The number of likely N-dealkylation sites (tertiary alicyclic amines) is 1. The molecule has 2 saturated carbocycles. The summed E-state index contributed by atoms with van der Waals surface area (Å²) in [6.07, 6.45) is 10.2. The van der Waals surface area contributed by atoms with Gasteiger partial charge in [-0.3, -0.25) is 9.69 Å². The van der Waals surface area contributed by atoms with E-state index in [-0.39, 0.29) is 29.9 Å². The molecule has 3 aliphatic rings.